The Morgan fingerprint density at radius 3 is 2.37 bits per heavy atom. The molecule has 0 aromatic heterocycles. The summed E-state index contributed by atoms with van der Waals surface area (Å²) in [5.41, 5.74) is 3.24. The number of hydroxylamine groups is 1. The van der Waals surface area contributed by atoms with E-state index in [4.69, 9.17) is 5.21 Å². The van der Waals surface area contributed by atoms with Crippen molar-refractivity contribution in [2.24, 2.45) is 5.92 Å². The molecule has 2 rings (SSSR count). The number of benzene rings is 2. The number of para-hydroxylation sites is 1. The normalized spacial score (nSPS) is 11.5. The molecule has 0 radical (unpaired) electrons. The number of hydrogen-bond acceptors (Lipinski definition) is 4. The lowest BCUT2D eigenvalue weighted by Gasteiger charge is -2.20. The largest absolute Gasteiger partial charge is 0.375 e. The van der Waals surface area contributed by atoms with Crippen LogP contribution in [0.3, 0.4) is 0 Å². The predicted molar refractivity (Wildman–Crippen MR) is 101 cm³/mol. The third-order valence-electron chi connectivity index (χ3n) is 4.26. The first-order chi connectivity index (χ1) is 13.0. The molecule has 2 aromatic carbocycles. The summed E-state index contributed by atoms with van der Waals surface area (Å²) in [5, 5.41) is 11.6. The highest BCUT2D eigenvalue weighted by Crippen LogP contribution is 2.12. The van der Waals surface area contributed by atoms with Crippen molar-refractivity contribution in [2.45, 2.75) is 12.8 Å². The monoisotopic (exact) mass is 373 g/mol. The summed E-state index contributed by atoms with van der Waals surface area (Å²) in [6, 6.07) is 15.4. The highest BCUT2D eigenvalue weighted by atomic mass is 19.1. The lowest BCUT2D eigenvalue weighted by Crippen LogP contribution is -2.42. The molecule has 1 atom stereocenters. The molecule has 0 saturated carbocycles. The Morgan fingerprint density at radius 2 is 1.74 bits per heavy atom. The Labute approximate surface area is 158 Å². The van der Waals surface area contributed by atoms with Crippen LogP contribution < -0.4 is 15.7 Å². The number of rotatable bonds is 9. The van der Waals surface area contributed by atoms with Gasteiger partial charge in [-0.1, -0.05) is 30.3 Å². The predicted octanol–water partition coefficient (Wildman–Crippen LogP) is 2.13. The van der Waals surface area contributed by atoms with Gasteiger partial charge in [-0.2, -0.15) is 0 Å². The van der Waals surface area contributed by atoms with Crippen LogP contribution >= 0.6 is 0 Å². The number of anilines is 1. The first-order valence-electron chi connectivity index (χ1n) is 8.73. The number of nitrogens with zero attached hydrogens (tertiary/aromatic N) is 1. The van der Waals surface area contributed by atoms with Gasteiger partial charge in [-0.05, 0) is 42.7 Å². The average Bonchev–Trinajstić information content (AvgIpc) is 2.70. The molecular weight excluding hydrogens is 349 g/mol. The van der Waals surface area contributed by atoms with Crippen LogP contribution in [0, 0.1) is 11.7 Å². The third kappa shape index (κ3) is 6.38. The Hall–Kier alpha value is -2.93. The summed E-state index contributed by atoms with van der Waals surface area (Å²) in [4.78, 5) is 26.3. The van der Waals surface area contributed by atoms with Gasteiger partial charge in [0.1, 0.15) is 11.7 Å². The fourth-order valence-corrected chi connectivity index (χ4v) is 2.70. The fourth-order valence-electron chi connectivity index (χ4n) is 2.70. The molecule has 144 valence electrons. The fraction of sp³-hybridized carbons (Fsp3) is 0.300. The lowest BCUT2D eigenvalue weighted by atomic mass is 9.97. The standard InChI is InChI=1S/C20H24FN3O3/c1-24(17-6-3-2-4-7-17)13-5-12-22-19(25)18(20(26)23-27)14-15-8-10-16(21)11-9-15/h2-4,6-11,18,27H,5,12-14H2,1H3,(H,22,25)(H,23,26). The molecule has 7 heteroatoms. The number of carbonyl (C=O) groups excluding carboxylic acids is 2. The molecule has 0 aliphatic heterocycles. The smallest absolute Gasteiger partial charge is 0.256 e. The molecular formula is C20H24FN3O3. The van der Waals surface area contributed by atoms with E-state index in [-0.39, 0.29) is 6.42 Å². The number of amides is 2. The SMILES string of the molecule is CN(CCCNC(=O)C(Cc1ccc(F)cc1)C(=O)NO)c1ccccc1. The second kappa shape index (κ2) is 10.3. The van der Waals surface area contributed by atoms with Crippen molar-refractivity contribution in [3.63, 3.8) is 0 Å². The maximum atomic E-state index is 13.0. The summed E-state index contributed by atoms with van der Waals surface area (Å²) in [6.45, 7) is 1.13. The van der Waals surface area contributed by atoms with Crippen LogP contribution in [0.25, 0.3) is 0 Å². The second-order valence-corrected chi connectivity index (χ2v) is 6.26. The molecule has 0 heterocycles. The van der Waals surface area contributed by atoms with E-state index in [1.54, 1.807) is 0 Å². The minimum Gasteiger partial charge on any atom is -0.375 e. The van der Waals surface area contributed by atoms with Gasteiger partial charge in [-0.3, -0.25) is 14.8 Å². The van der Waals surface area contributed by atoms with E-state index in [2.05, 4.69) is 10.2 Å². The van der Waals surface area contributed by atoms with E-state index in [0.717, 1.165) is 12.2 Å². The van der Waals surface area contributed by atoms with Gasteiger partial charge in [0.05, 0.1) is 0 Å². The van der Waals surface area contributed by atoms with Gasteiger partial charge in [0, 0.05) is 25.8 Å². The maximum absolute atomic E-state index is 13.0. The number of hydrogen-bond donors (Lipinski definition) is 3. The number of nitrogens with one attached hydrogen (secondary N) is 2. The van der Waals surface area contributed by atoms with E-state index in [1.807, 2.05) is 37.4 Å². The summed E-state index contributed by atoms with van der Waals surface area (Å²) < 4.78 is 13.0. The van der Waals surface area contributed by atoms with Crippen molar-refractivity contribution in [2.75, 3.05) is 25.0 Å². The molecule has 1 unspecified atom stereocenters. The van der Waals surface area contributed by atoms with Gasteiger partial charge >= 0.3 is 0 Å². The zero-order chi connectivity index (χ0) is 19.6. The van der Waals surface area contributed by atoms with Gasteiger partial charge in [0.2, 0.25) is 5.91 Å². The van der Waals surface area contributed by atoms with Gasteiger partial charge in [-0.25, -0.2) is 9.87 Å². The highest BCUT2D eigenvalue weighted by Gasteiger charge is 2.26. The van der Waals surface area contributed by atoms with Crippen LogP contribution in [-0.2, 0) is 16.0 Å². The molecule has 0 spiro atoms. The van der Waals surface area contributed by atoms with Crippen LogP contribution in [-0.4, -0.2) is 37.2 Å². The molecule has 3 N–H and O–H groups in total. The molecule has 27 heavy (non-hydrogen) atoms. The van der Waals surface area contributed by atoms with Crippen LogP contribution in [0.5, 0.6) is 0 Å². The number of carbonyl (C=O) groups is 2. The van der Waals surface area contributed by atoms with Crippen molar-refractivity contribution in [1.29, 1.82) is 0 Å². The Morgan fingerprint density at radius 1 is 1.07 bits per heavy atom. The lowest BCUT2D eigenvalue weighted by molar-refractivity contribution is -0.140. The van der Waals surface area contributed by atoms with Crippen LogP contribution in [0.1, 0.15) is 12.0 Å². The molecule has 0 saturated heterocycles. The van der Waals surface area contributed by atoms with Crippen molar-refractivity contribution in [3.8, 4) is 0 Å². The van der Waals surface area contributed by atoms with Gasteiger partial charge in [0.15, 0.2) is 0 Å². The Bertz CT molecular complexity index is 738. The Balaban J connectivity index is 1.84. The first kappa shape index (κ1) is 20.4. The van der Waals surface area contributed by atoms with E-state index in [9.17, 15) is 14.0 Å². The third-order valence-corrected chi connectivity index (χ3v) is 4.26. The van der Waals surface area contributed by atoms with Crippen molar-refractivity contribution in [3.05, 3.63) is 66.0 Å². The minimum atomic E-state index is -1.09. The zero-order valence-electron chi connectivity index (χ0n) is 15.2. The summed E-state index contributed by atoms with van der Waals surface area (Å²) in [6.07, 6.45) is 0.767. The number of halogens is 1. The quantitative estimate of drug-likeness (QED) is 0.272. The first-order valence-corrected chi connectivity index (χ1v) is 8.73. The molecule has 2 amide bonds. The topological polar surface area (TPSA) is 81.7 Å². The van der Waals surface area contributed by atoms with Crippen molar-refractivity contribution < 1.29 is 19.2 Å². The summed E-state index contributed by atoms with van der Waals surface area (Å²) in [7, 11) is 1.97. The summed E-state index contributed by atoms with van der Waals surface area (Å²) in [5.74, 6) is -2.76. The van der Waals surface area contributed by atoms with Gasteiger partial charge in [0.25, 0.3) is 5.91 Å². The van der Waals surface area contributed by atoms with Crippen LogP contribution in [0.15, 0.2) is 54.6 Å². The molecule has 2 aromatic rings. The Kier molecular flexibility index (Phi) is 7.76. The second-order valence-electron chi connectivity index (χ2n) is 6.26. The van der Waals surface area contributed by atoms with Crippen LogP contribution in [0.2, 0.25) is 0 Å². The van der Waals surface area contributed by atoms with Gasteiger partial charge in [-0.15, -0.1) is 0 Å². The van der Waals surface area contributed by atoms with E-state index in [0.29, 0.717) is 18.5 Å². The molecule has 0 aliphatic rings. The molecule has 0 fully saturated rings. The minimum absolute atomic E-state index is 0.0718. The van der Waals surface area contributed by atoms with E-state index >= 15 is 0 Å². The highest BCUT2D eigenvalue weighted by molar-refractivity contribution is 6.00. The molecule has 0 aliphatic carbocycles. The summed E-state index contributed by atoms with van der Waals surface area (Å²) >= 11 is 0. The van der Waals surface area contributed by atoms with Gasteiger partial charge < -0.3 is 10.2 Å². The van der Waals surface area contributed by atoms with E-state index in [1.165, 1.54) is 29.7 Å². The maximum Gasteiger partial charge on any atom is 0.256 e. The molecule has 6 nitrogen and oxygen atoms in total. The molecule has 0 bridgehead atoms. The van der Waals surface area contributed by atoms with Crippen molar-refractivity contribution >= 4 is 17.5 Å². The zero-order valence-corrected chi connectivity index (χ0v) is 15.2. The van der Waals surface area contributed by atoms with Crippen LogP contribution in [0.4, 0.5) is 10.1 Å². The van der Waals surface area contributed by atoms with E-state index < -0.39 is 23.5 Å². The average molecular weight is 373 g/mol. The van der Waals surface area contributed by atoms with Crippen molar-refractivity contribution in [1.82, 2.24) is 10.8 Å².